The molecule has 6 heteroatoms. The average Bonchev–Trinajstić information content (AvgIpc) is 2.81. The molecule has 3 nitrogen and oxygen atoms in total. The Balaban J connectivity index is 0.000000176. The van der Waals surface area contributed by atoms with Gasteiger partial charge in [0, 0.05) is 30.1 Å². The molecular formula is C25H46O3Si3. The summed E-state index contributed by atoms with van der Waals surface area (Å²) in [5.41, 5.74) is 0. The molecule has 3 fully saturated rings. The van der Waals surface area contributed by atoms with Gasteiger partial charge in [-0.05, 0) is 64.7 Å². The van der Waals surface area contributed by atoms with Crippen molar-refractivity contribution in [1.82, 2.24) is 0 Å². The van der Waals surface area contributed by atoms with E-state index >= 15 is 0 Å². The lowest BCUT2D eigenvalue weighted by Crippen LogP contribution is -2.66. The van der Waals surface area contributed by atoms with Crippen LogP contribution in [0.15, 0.2) is 30.3 Å². The second-order valence-corrected chi connectivity index (χ2v) is 18.8. The lowest BCUT2D eigenvalue weighted by atomic mass is 9.96. The van der Waals surface area contributed by atoms with Gasteiger partial charge >= 0.3 is 0 Å². The summed E-state index contributed by atoms with van der Waals surface area (Å²) < 4.78 is 18.6. The van der Waals surface area contributed by atoms with Crippen LogP contribution in [0, 0.1) is 0 Å². The van der Waals surface area contributed by atoms with E-state index in [1.54, 1.807) is 0 Å². The molecule has 3 saturated heterocycles. The average molecular weight is 479 g/mol. The number of hydrogen-bond donors (Lipinski definition) is 0. The fourth-order valence-electron chi connectivity index (χ4n) is 5.96. The Morgan fingerprint density at radius 3 is 1.81 bits per heavy atom. The lowest BCUT2D eigenvalue weighted by molar-refractivity contribution is -0.160. The van der Waals surface area contributed by atoms with Crippen LogP contribution in [0.5, 0.6) is 0 Å². The molecule has 4 rings (SSSR count). The van der Waals surface area contributed by atoms with Crippen LogP contribution in [0.25, 0.3) is 0 Å². The highest BCUT2D eigenvalue weighted by Gasteiger charge is 2.53. The zero-order chi connectivity index (χ0) is 22.4. The molecule has 0 spiro atoms. The molecule has 1 aromatic carbocycles. The first-order chi connectivity index (χ1) is 14.8. The largest absolute Gasteiger partial charge is 0.379 e. The third-order valence-corrected chi connectivity index (χ3v) is 17.1. The predicted molar refractivity (Wildman–Crippen MR) is 141 cm³/mol. The third kappa shape index (κ3) is 5.82. The maximum atomic E-state index is 6.34. The molecule has 0 aliphatic carbocycles. The summed E-state index contributed by atoms with van der Waals surface area (Å²) >= 11 is 0. The zero-order valence-corrected chi connectivity index (χ0v) is 25.1. The zero-order valence-electron chi connectivity index (χ0n) is 20.8. The van der Waals surface area contributed by atoms with E-state index in [2.05, 4.69) is 56.9 Å². The molecule has 31 heavy (non-hydrogen) atoms. The number of hydrogen-bond acceptors (Lipinski definition) is 3. The molecule has 3 heterocycles. The minimum absolute atomic E-state index is 0.145. The standard InChI is InChI=1S/C13H20OSi.C12H26O2Si2/c1-13(10-6-7-11-14-13)15(2)12-8-4-3-5-9-12;1-16(2)12(8-4-6-10-14-12)11(15)7-3-5-9-13-11/h3-5,8-9,15H,6-7,10-11H2,1-2H3;16H,3-10H2,1-2,15H3. The van der Waals surface area contributed by atoms with Gasteiger partial charge in [-0.15, -0.1) is 0 Å². The van der Waals surface area contributed by atoms with Gasteiger partial charge in [-0.1, -0.05) is 55.2 Å². The van der Waals surface area contributed by atoms with Gasteiger partial charge in [-0.3, -0.25) is 0 Å². The van der Waals surface area contributed by atoms with E-state index in [-0.39, 0.29) is 15.7 Å². The Hall–Kier alpha value is -0.249. The predicted octanol–water partition coefficient (Wildman–Crippen LogP) is 3.46. The van der Waals surface area contributed by atoms with Crippen LogP contribution in [0.1, 0.15) is 64.7 Å². The summed E-state index contributed by atoms with van der Waals surface area (Å²) in [7, 11) is -0.689. The summed E-state index contributed by atoms with van der Waals surface area (Å²) in [6.45, 7) is 12.5. The molecule has 4 atom stereocenters. The third-order valence-electron chi connectivity index (χ3n) is 8.31. The van der Waals surface area contributed by atoms with Crippen LogP contribution in [0.4, 0.5) is 0 Å². The summed E-state index contributed by atoms with van der Waals surface area (Å²) in [5.74, 6) is 0. The highest BCUT2D eigenvalue weighted by molar-refractivity contribution is 6.74. The summed E-state index contributed by atoms with van der Waals surface area (Å²) in [6, 6.07) is 10.9. The van der Waals surface area contributed by atoms with Gasteiger partial charge in [-0.2, -0.15) is 0 Å². The van der Waals surface area contributed by atoms with Crippen LogP contribution in [0.3, 0.4) is 0 Å². The topological polar surface area (TPSA) is 27.7 Å². The van der Waals surface area contributed by atoms with E-state index in [0.717, 1.165) is 30.1 Å². The second kappa shape index (κ2) is 11.3. The highest BCUT2D eigenvalue weighted by Crippen LogP contribution is 2.42. The van der Waals surface area contributed by atoms with Gasteiger partial charge in [0.15, 0.2) is 0 Å². The van der Waals surface area contributed by atoms with Gasteiger partial charge in [0.05, 0.1) is 24.5 Å². The van der Waals surface area contributed by atoms with E-state index in [9.17, 15) is 0 Å². The SMILES string of the molecule is C[SiH](C)C1(C2([SiH3])CCCCO2)CCCCO1.C[SiH](c1ccccc1)C1(C)CCCCO1. The van der Waals surface area contributed by atoms with E-state index < -0.39 is 17.6 Å². The van der Waals surface area contributed by atoms with Crippen molar-refractivity contribution in [2.45, 2.75) is 100 Å². The second-order valence-electron chi connectivity index (χ2n) is 10.6. The molecule has 0 N–H and O–H groups in total. The normalized spacial score (nSPS) is 35.3. The minimum atomic E-state index is -0.979. The van der Waals surface area contributed by atoms with Gasteiger partial charge < -0.3 is 14.2 Å². The Bertz CT molecular complexity index is 649. The molecule has 176 valence electrons. The van der Waals surface area contributed by atoms with Crippen LogP contribution in [0.2, 0.25) is 19.6 Å². The van der Waals surface area contributed by atoms with Crippen molar-refractivity contribution in [2.24, 2.45) is 0 Å². The monoisotopic (exact) mass is 478 g/mol. The van der Waals surface area contributed by atoms with Crippen LogP contribution in [-0.2, 0) is 14.2 Å². The highest BCUT2D eigenvalue weighted by atomic mass is 28.3. The van der Waals surface area contributed by atoms with Crippen molar-refractivity contribution >= 4 is 33.0 Å². The molecule has 4 unspecified atom stereocenters. The first kappa shape index (κ1) is 25.4. The van der Waals surface area contributed by atoms with Crippen molar-refractivity contribution in [1.29, 1.82) is 0 Å². The molecule has 0 aromatic heterocycles. The summed E-state index contributed by atoms with van der Waals surface area (Å²) in [6.07, 6.45) is 11.5. The smallest absolute Gasteiger partial charge is 0.104 e. The van der Waals surface area contributed by atoms with Crippen molar-refractivity contribution in [3.8, 4) is 0 Å². The minimum Gasteiger partial charge on any atom is -0.379 e. The summed E-state index contributed by atoms with van der Waals surface area (Å²) in [4.78, 5) is 0. The fourth-order valence-corrected chi connectivity index (χ4v) is 13.8. The maximum Gasteiger partial charge on any atom is 0.104 e. The Morgan fingerprint density at radius 2 is 1.32 bits per heavy atom. The maximum absolute atomic E-state index is 6.34. The molecule has 1 aromatic rings. The molecule has 3 aliphatic heterocycles. The fraction of sp³-hybridized carbons (Fsp3) is 0.760. The first-order valence-electron chi connectivity index (χ1n) is 12.8. The number of ether oxygens (including phenoxy) is 3. The van der Waals surface area contributed by atoms with Crippen LogP contribution < -0.4 is 5.19 Å². The molecular weight excluding hydrogens is 433 g/mol. The first-order valence-corrected chi connectivity index (χ1v) is 19.0. The molecule has 3 aliphatic rings. The van der Waals surface area contributed by atoms with Crippen LogP contribution in [-0.4, -0.2) is 63.3 Å². The Kier molecular flexibility index (Phi) is 9.21. The number of rotatable bonds is 4. The van der Waals surface area contributed by atoms with E-state index in [4.69, 9.17) is 14.2 Å². The van der Waals surface area contributed by atoms with Gasteiger partial charge in [0.1, 0.15) is 8.80 Å². The van der Waals surface area contributed by atoms with Gasteiger partial charge in [-0.25, -0.2) is 0 Å². The van der Waals surface area contributed by atoms with E-state index in [1.807, 2.05) is 0 Å². The van der Waals surface area contributed by atoms with Crippen molar-refractivity contribution in [3.63, 3.8) is 0 Å². The number of benzene rings is 1. The van der Waals surface area contributed by atoms with Crippen molar-refractivity contribution in [2.75, 3.05) is 19.8 Å². The van der Waals surface area contributed by atoms with E-state index in [1.165, 1.54) is 63.0 Å². The van der Waals surface area contributed by atoms with Crippen LogP contribution >= 0.6 is 0 Å². The quantitative estimate of drug-likeness (QED) is 0.620. The van der Waals surface area contributed by atoms with Gasteiger partial charge in [0.2, 0.25) is 0 Å². The van der Waals surface area contributed by atoms with E-state index in [0.29, 0.717) is 0 Å². The lowest BCUT2D eigenvalue weighted by Gasteiger charge is -2.54. The van der Waals surface area contributed by atoms with Crippen molar-refractivity contribution < 1.29 is 14.2 Å². The van der Waals surface area contributed by atoms with Crippen molar-refractivity contribution in [3.05, 3.63) is 30.3 Å². The molecule has 0 radical (unpaired) electrons. The Labute approximate surface area is 197 Å². The summed E-state index contributed by atoms with van der Waals surface area (Å²) in [5, 5.41) is 2.02. The molecule has 0 amide bonds. The molecule has 0 saturated carbocycles. The molecule has 0 bridgehead atoms. The van der Waals surface area contributed by atoms with Gasteiger partial charge in [0.25, 0.3) is 0 Å². The Morgan fingerprint density at radius 1 is 0.742 bits per heavy atom.